The standard InChI is InChI=1S/C9H15NO2/c11-8(12)9-2-1-5-10(6-3-9)7-4-9/h1-7H2,(H,11,12). The van der Waals surface area contributed by atoms with Crippen molar-refractivity contribution in [1.82, 2.24) is 4.90 Å². The van der Waals surface area contributed by atoms with E-state index in [1.54, 1.807) is 0 Å². The molecule has 68 valence electrons. The van der Waals surface area contributed by atoms with Gasteiger partial charge in [0.15, 0.2) is 0 Å². The second kappa shape index (κ2) is 2.73. The van der Waals surface area contributed by atoms with Crippen LogP contribution in [0.5, 0.6) is 0 Å². The largest absolute Gasteiger partial charge is 0.481 e. The number of nitrogens with zero attached hydrogens (tertiary/aromatic N) is 1. The lowest BCUT2D eigenvalue weighted by molar-refractivity contribution is -0.151. The van der Waals surface area contributed by atoms with Crippen molar-refractivity contribution >= 4 is 5.97 Å². The number of carboxylic acids is 1. The second-order valence-electron chi connectivity index (χ2n) is 4.03. The van der Waals surface area contributed by atoms with Gasteiger partial charge in [-0.15, -0.1) is 0 Å². The molecule has 0 saturated carbocycles. The molecular weight excluding hydrogens is 154 g/mol. The van der Waals surface area contributed by atoms with Crippen LogP contribution in [0.15, 0.2) is 0 Å². The van der Waals surface area contributed by atoms with Crippen molar-refractivity contribution < 1.29 is 9.90 Å². The predicted octanol–water partition coefficient (Wildman–Crippen LogP) is 0.947. The number of piperidine rings is 1. The monoisotopic (exact) mass is 169 g/mol. The van der Waals surface area contributed by atoms with Crippen LogP contribution in [0.2, 0.25) is 0 Å². The summed E-state index contributed by atoms with van der Waals surface area (Å²) in [6, 6.07) is 0. The van der Waals surface area contributed by atoms with Crippen LogP contribution in [0, 0.1) is 5.41 Å². The van der Waals surface area contributed by atoms with Crippen molar-refractivity contribution in [3.05, 3.63) is 0 Å². The van der Waals surface area contributed by atoms with Crippen molar-refractivity contribution in [2.75, 3.05) is 19.6 Å². The highest BCUT2D eigenvalue weighted by molar-refractivity contribution is 5.74. The van der Waals surface area contributed by atoms with Crippen LogP contribution in [0.25, 0.3) is 0 Å². The lowest BCUT2D eigenvalue weighted by Gasteiger charge is -2.34. The highest BCUT2D eigenvalue weighted by Gasteiger charge is 2.42. The summed E-state index contributed by atoms with van der Waals surface area (Å²) in [5, 5.41) is 9.12. The van der Waals surface area contributed by atoms with Crippen molar-refractivity contribution in [3.8, 4) is 0 Å². The molecule has 3 saturated heterocycles. The molecule has 3 nitrogen and oxygen atoms in total. The topological polar surface area (TPSA) is 40.5 Å². The lowest BCUT2D eigenvalue weighted by Crippen LogP contribution is -2.40. The van der Waals surface area contributed by atoms with Crippen LogP contribution in [-0.2, 0) is 4.79 Å². The van der Waals surface area contributed by atoms with Crippen molar-refractivity contribution in [3.63, 3.8) is 0 Å². The van der Waals surface area contributed by atoms with Crippen LogP contribution in [0.3, 0.4) is 0 Å². The van der Waals surface area contributed by atoms with Gasteiger partial charge in [0.2, 0.25) is 0 Å². The van der Waals surface area contributed by atoms with Crippen molar-refractivity contribution in [1.29, 1.82) is 0 Å². The number of hydrogen-bond acceptors (Lipinski definition) is 2. The smallest absolute Gasteiger partial charge is 0.309 e. The molecular formula is C9H15NO2. The molecule has 3 heterocycles. The van der Waals surface area contributed by atoms with E-state index in [4.69, 9.17) is 5.11 Å². The summed E-state index contributed by atoms with van der Waals surface area (Å²) in [6.07, 6.45) is 3.68. The van der Waals surface area contributed by atoms with Crippen molar-refractivity contribution in [2.45, 2.75) is 25.7 Å². The van der Waals surface area contributed by atoms with Gasteiger partial charge >= 0.3 is 5.97 Å². The van der Waals surface area contributed by atoms with Crippen LogP contribution in [0.1, 0.15) is 25.7 Å². The zero-order valence-electron chi connectivity index (χ0n) is 7.25. The number of carbonyl (C=O) groups is 1. The Morgan fingerprint density at radius 2 is 1.83 bits per heavy atom. The van der Waals surface area contributed by atoms with E-state index in [0.29, 0.717) is 0 Å². The van der Waals surface area contributed by atoms with Gasteiger partial charge < -0.3 is 10.0 Å². The molecule has 3 heteroatoms. The molecule has 0 aromatic carbocycles. The Labute approximate surface area is 72.4 Å². The molecule has 0 atom stereocenters. The summed E-state index contributed by atoms with van der Waals surface area (Å²) in [5.74, 6) is -0.566. The highest BCUT2D eigenvalue weighted by atomic mass is 16.4. The Bertz CT molecular complexity index is 189. The van der Waals surface area contributed by atoms with Gasteiger partial charge in [-0.3, -0.25) is 4.79 Å². The lowest BCUT2D eigenvalue weighted by atomic mass is 9.77. The summed E-state index contributed by atoms with van der Waals surface area (Å²) in [5.41, 5.74) is -0.354. The molecule has 12 heavy (non-hydrogen) atoms. The molecule has 0 aliphatic carbocycles. The van der Waals surface area contributed by atoms with Gasteiger partial charge in [0, 0.05) is 0 Å². The van der Waals surface area contributed by atoms with E-state index >= 15 is 0 Å². The first-order valence-electron chi connectivity index (χ1n) is 4.69. The summed E-state index contributed by atoms with van der Waals surface area (Å²) in [6.45, 7) is 3.09. The van der Waals surface area contributed by atoms with E-state index in [1.165, 1.54) is 0 Å². The molecule has 3 aliphatic heterocycles. The Morgan fingerprint density at radius 1 is 1.17 bits per heavy atom. The maximum absolute atomic E-state index is 11.1. The first-order valence-corrected chi connectivity index (χ1v) is 4.69. The minimum atomic E-state index is -0.566. The normalized spacial score (nSPS) is 40.8. The predicted molar refractivity (Wildman–Crippen MR) is 45.0 cm³/mol. The fourth-order valence-electron chi connectivity index (χ4n) is 2.42. The number of carboxylic acid groups (broad SMARTS) is 1. The Hall–Kier alpha value is -0.570. The number of rotatable bonds is 1. The molecule has 3 rings (SSSR count). The average Bonchev–Trinajstić information content (AvgIpc) is 2.37. The maximum Gasteiger partial charge on any atom is 0.309 e. The fourth-order valence-corrected chi connectivity index (χ4v) is 2.42. The van der Waals surface area contributed by atoms with E-state index in [1.807, 2.05) is 0 Å². The molecule has 2 bridgehead atoms. The van der Waals surface area contributed by atoms with Crippen molar-refractivity contribution in [2.24, 2.45) is 5.41 Å². The molecule has 0 amide bonds. The van der Waals surface area contributed by atoms with Gasteiger partial charge in [0.25, 0.3) is 0 Å². The molecule has 0 aromatic heterocycles. The Kier molecular flexibility index (Phi) is 1.83. The third kappa shape index (κ3) is 1.12. The number of aliphatic carboxylic acids is 1. The van der Waals surface area contributed by atoms with Gasteiger partial charge in [-0.05, 0) is 45.3 Å². The molecule has 3 fully saturated rings. The van der Waals surface area contributed by atoms with Crippen LogP contribution in [0.4, 0.5) is 0 Å². The number of hydrogen-bond donors (Lipinski definition) is 1. The SMILES string of the molecule is O=C(O)C12CCCN(CC1)CC2. The molecule has 1 N–H and O–H groups in total. The third-order valence-corrected chi connectivity index (χ3v) is 3.40. The maximum atomic E-state index is 11.1. The third-order valence-electron chi connectivity index (χ3n) is 3.40. The molecule has 0 unspecified atom stereocenters. The van der Waals surface area contributed by atoms with Gasteiger partial charge in [0.1, 0.15) is 0 Å². The van der Waals surface area contributed by atoms with Crippen LogP contribution in [-0.4, -0.2) is 35.6 Å². The van der Waals surface area contributed by atoms with E-state index in [2.05, 4.69) is 4.90 Å². The Balaban J connectivity index is 2.19. The zero-order chi connectivity index (χ0) is 8.60. The molecule has 0 spiro atoms. The van der Waals surface area contributed by atoms with E-state index in [9.17, 15) is 4.79 Å². The van der Waals surface area contributed by atoms with Crippen LogP contribution >= 0.6 is 0 Å². The molecule has 3 aliphatic rings. The van der Waals surface area contributed by atoms with Gasteiger partial charge in [-0.1, -0.05) is 0 Å². The summed E-state index contributed by atoms with van der Waals surface area (Å²) in [4.78, 5) is 13.4. The summed E-state index contributed by atoms with van der Waals surface area (Å²) in [7, 11) is 0. The summed E-state index contributed by atoms with van der Waals surface area (Å²) >= 11 is 0. The van der Waals surface area contributed by atoms with E-state index in [-0.39, 0.29) is 5.41 Å². The first-order chi connectivity index (χ1) is 5.73. The Morgan fingerprint density at radius 3 is 2.42 bits per heavy atom. The average molecular weight is 169 g/mol. The fraction of sp³-hybridized carbons (Fsp3) is 0.889. The van der Waals surface area contributed by atoms with E-state index in [0.717, 1.165) is 45.3 Å². The second-order valence-corrected chi connectivity index (χ2v) is 4.03. The van der Waals surface area contributed by atoms with Gasteiger partial charge in [-0.2, -0.15) is 0 Å². The quantitative estimate of drug-likeness (QED) is 0.635. The van der Waals surface area contributed by atoms with E-state index < -0.39 is 5.97 Å². The minimum Gasteiger partial charge on any atom is -0.481 e. The highest BCUT2D eigenvalue weighted by Crippen LogP contribution is 2.39. The molecule has 0 radical (unpaired) electrons. The first kappa shape index (κ1) is 8.05. The molecule has 0 aromatic rings. The number of fused-ring (bicyclic) bond motifs is 4. The van der Waals surface area contributed by atoms with Crippen LogP contribution < -0.4 is 0 Å². The van der Waals surface area contributed by atoms with Gasteiger partial charge in [-0.25, -0.2) is 0 Å². The zero-order valence-corrected chi connectivity index (χ0v) is 7.25. The minimum absolute atomic E-state index is 0.354. The van der Waals surface area contributed by atoms with Gasteiger partial charge in [0.05, 0.1) is 5.41 Å². The summed E-state index contributed by atoms with van der Waals surface area (Å²) < 4.78 is 0.